The first-order valence-electron chi connectivity index (χ1n) is 0. The van der Waals surface area contributed by atoms with Gasteiger partial charge in [0.05, 0.1) is 0 Å². The van der Waals surface area contributed by atoms with Crippen LogP contribution in [-0.4, -0.2) is 69.4 Å². The molecule has 36 valence electrons. The Kier molecular flexibility index (Phi) is 497. The van der Waals surface area contributed by atoms with Crippen molar-refractivity contribution in [1.82, 2.24) is 0 Å². The van der Waals surface area contributed by atoms with Crippen LogP contribution in [0.3, 0.4) is 0 Å². The van der Waals surface area contributed by atoms with Crippen LogP contribution < -0.4 is 0 Å². The van der Waals surface area contributed by atoms with E-state index < -0.39 is 0 Å². The summed E-state index contributed by atoms with van der Waals surface area (Å²) < 4.78 is 0. The van der Waals surface area contributed by atoms with E-state index in [1.54, 1.807) is 0 Å². The van der Waals surface area contributed by atoms with Crippen molar-refractivity contribution in [2.24, 2.45) is 0 Å². The summed E-state index contributed by atoms with van der Waals surface area (Å²) in [6.45, 7) is 0. The number of rotatable bonds is 0. The van der Waals surface area contributed by atoms with Gasteiger partial charge in [-0.05, 0) is 0 Å². The molecule has 0 aliphatic carbocycles. The van der Waals surface area contributed by atoms with Gasteiger partial charge in [-0.1, -0.05) is 0 Å². The zero-order valence-electron chi connectivity index (χ0n) is 3.37. The Morgan fingerprint density at radius 2 is 0.286 bits per heavy atom. The molecule has 0 fully saturated rings. The van der Waals surface area contributed by atoms with Crippen molar-refractivity contribution < 1.29 is 58.4 Å². The zero-order chi connectivity index (χ0) is 0. The molecule has 0 aliphatic heterocycles. The van der Waals surface area contributed by atoms with Crippen molar-refractivity contribution in [3.8, 4) is 0 Å². The van der Waals surface area contributed by atoms with E-state index in [9.17, 15) is 0 Å². The Balaban J connectivity index is 0. The Morgan fingerprint density at radius 3 is 0.286 bits per heavy atom. The summed E-state index contributed by atoms with van der Waals surface area (Å²) in [6, 6.07) is 0. The quantitative estimate of drug-likeness (QED) is 0.425. The van der Waals surface area contributed by atoms with Crippen LogP contribution in [-0.2, 0) is 58.4 Å². The average molecular weight is 411 g/mol. The summed E-state index contributed by atoms with van der Waals surface area (Å²) in [7, 11) is 0. The predicted octanol–water partition coefficient (Wildman–Crippen LogP) is -1.53. The molecule has 0 spiro atoms. The fraction of sp³-hybridized carbons (Fsp3) is 0. The van der Waals surface area contributed by atoms with E-state index in [4.69, 9.17) is 0 Å². The van der Waals surface area contributed by atoms with Gasteiger partial charge in [-0.3, -0.25) is 0 Å². The van der Waals surface area contributed by atoms with Crippen LogP contribution in [0.4, 0.5) is 0 Å². The largest absolute Gasteiger partial charge is 4.00 e. The summed E-state index contributed by atoms with van der Waals surface area (Å²) in [4.78, 5) is 0. The third-order valence-corrected chi connectivity index (χ3v) is 0. The SMILES string of the molecule is [Al-3].[Al-3].[Al-3].[Al-3].[Ru+4].[Ru+4].[Ru+4]. The molecule has 7 heteroatoms. The Bertz CT molecular complexity index is 6.90. The van der Waals surface area contributed by atoms with Crippen LogP contribution >= 0.6 is 0 Å². The van der Waals surface area contributed by atoms with Gasteiger partial charge in [0.15, 0.2) is 0 Å². The molecule has 0 aliphatic rings. The minimum atomic E-state index is 0. The van der Waals surface area contributed by atoms with Gasteiger partial charge in [-0.15, -0.1) is 0 Å². The van der Waals surface area contributed by atoms with E-state index >= 15 is 0 Å². The van der Waals surface area contributed by atoms with E-state index in [1.165, 1.54) is 0 Å². The van der Waals surface area contributed by atoms with Gasteiger partial charge in [0.1, 0.15) is 0 Å². The molecule has 0 unspecified atom stereocenters. The van der Waals surface area contributed by atoms with Crippen molar-refractivity contribution >= 4 is 69.4 Å². The molecule has 0 bridgehead atoms. The second-order valence-corrected chi connectivity index (χ2v) is 0. The number of hydrogen-bond acceptors (Lipinski definition) is 0. The van der Waals surface area contributed by atoms with E-state index in [2.05, 4.69) is 0 Å². The van der Waals surface area contributed by atoms with E-state index in [-0.39, 0.29) is 128 Å². The van der Waals surface area contributed by atoms with E-state index in [0.29, 0.717) is 0 Å². The molecule has 0 saturated heterocycles. The standard InChI is InChI=1S/4Al.3Ru/q4*-3;3*+4. The summed E-state index contributed by atoms with van der Waals surface area (Å²) in [5, 5.41) is 0. The normalized spacial score (nSPS) is 0. The molecule has 0 rings (SSSR count). The van der Waals surface area contributed by atoms with Crippen molar-refractivity contribution in [3.63, 3.8) is 0 Å². The first-order chi connectivity index (χ1) is 0. The van der Waals surface area contributed by atoms with Crippen molar-refractivity contribution in [1.29, 1.82) is 0 Å². The summed E-state index contributed by atoms with van der Waals surface area (Å²) in [5.41, 5.74) is 0. The molecule has 0 nitrogen and oxygen atoms in total. The van der Waals surface area contributed by atoms with Crippen LogP contribution in [0.25, 0.3) is 0 Å². The summed E-state index contributed by atoms with van der Waals surface area (Å²) in [5.74, 6) is 0. The van der Waals surface area contributed by atoms with Crippen molar-refractivity contribution in [2.45, 2.75) is 0 Å². The molecule has 0 aromatic rings. The molecule has 0 aromatic heterocycles. The first-order valence-corrected chi connectivity index (χ1v) is 0. The molecule has 0 atom stereocenters. The topological polar surface area (TPSA) is 0 Å². The second kappa shape index (κ2) is 50.6. The van der Waals surface area contributed by atoms with Gasteiger partial charge in [0.25, 0.3) is 0 Å². The van der Waals surface area contributed by atoms with Crippen LogP contribution in [0, 0.1) is 0 Å². The van der Waals surface area contributed by atoms with Crippen LogP contribution in [0.1, 0.15) is 0 Å². The monoisotopic (exact) mass is 414 g/mol. The van der Waals surface area contributed by atoms with Crippen LogP contribution in [0.2, 0.25) is 0 Å². The molecule has 0 N–H and O–H groups in total. The van der Waals surface area contributed by atoms with Gasteiger partial charge in [-0.25, -0.2) is 0 Å². The third kappa shape index (κ3) is 40.0. The van der Waals surface area contributed by atoms with Gasteiger partial charge in [0.2, 0.25) is 0 Å². The van der Waals surface area contributed by atoms with Gasteiger partial charge >= 0.3 is 58.4 Å². The maximum absolute atomic E-state index is 0. The smallest absolute Gasteiger partial charge is 3.00 e. The predicted molar refractivity (Wildman–Crippen MR) is 23.0 cm³/mol. The molecule has 0 saturated carbocycles. The second-order valence-electron chi connectivity index (χ2n) is 0. The molecular weight excluding hydrogens is 411 g/mol. The van der Waals surface area contributed by atoms with Crippen molar-refractivity contribution in [3.05, 3.63) is 0 Å². The molecule has 0 aromatic carbocycles. The molecule has 8 radical (unpaired) electrons. The Labute approximate surface area is 126 Å². The summed E-state index contributed by atoms with van der Waals surface area (Å²) >= 11 is 0. The fourth-order valence-electron chi connectivity index (χ4n) is 0. The van der Waals surface area contributed by atoms with E-state index in [0.717, 1.165) is 0 Å². The number of hydrogen-bond donors (Lipinski definition) is 0. The minimum absolute atomic E-state index is 0. The Morgan fingerprint density at radius 1 is 0.286 bits per heavy atom. The minimum Gasteiger partial charge on any atom is -3.00 e. The maximum Gasteiger partial charge on any atom is 4.00 e. The molecule has 0 heterocycles. The summed E-state index contributed by atoms with van der Waals surface area (Å²) in [6.07, 6.45) is 0. The average Bonchev–Trinajstić information content (AvgIpc) is 0. The van der Waals surface area contributed by atoms with Crippen LogP contribution in [0.5, 0.6) is 0 Å². The van der Waals surface area contributed by atoms with Crippen molar-refractivity contribution in [2.75, 3.05) is 0 Å². The van der Waals surface area contributed by atoms with E-state index in [1.807, 2.05) is 0 Å². The first kappa shape index (κ1) is 68.8. The zero-order valence-corrected chi connectivity index (χ0v) is 13.2. The molecular formula is Al4Ru3. The van der Waals surface area contributed by atoms with Gasteiger partial charge in [-0.2, -0.15) is 0 Å². The maximum atomic E-state index is 0. The van der Waals surface area contributed by atoms with Crippen LogP contribution in [0.15, 0.2) is 0 Å². The van der Waals surface area contributed by atoms with Gasteiger partial charge < -0.3 is 69.4 Å². The Hall–Kier alpha value is 4.00. The third-order valence-electron chi connectivity index (χ3n) is 0. The molecule has 0 amide bonds. The van der Waals surface area contributed by atoms with Gasteiger partial charge in [0, 0.05) is 0 Å². The molecule has 7 heavy (non-hydrogen) atoms. The fourth-order valence-corrected chi connectivity index (χ4v) is 0.